The number of carbonyl (C=O) groups is 1. The predicted molar refractivity (Wildman–Crippen MR) is 156 cm³/mol. The van der Waals surface area contributed by atoms with Crippen molar-refractivity contribution in [3.8, 4) is 11.4 Å². The minimum absolute atomic E-state index is 0.0293. The summed E-state index contributed by atoms with van der Waals surface area (Å²) in [5, 5.41) is 3.82. The molecule has 8 rings (SSSR count). The second kappa shape index (κ2) is 9.04. The van der Waals surface area contributed by atoms with Crippen LogP contribution in [0.2, 0.25) is 0 Å². The average molecular weight is 550 g/mol. The number of anilines is 3. The second-order valence-corrected chi connectivity index (χ2v) is 11.7. The molecule has 2 aromatic heterocycles. The van der Waals surface area contributed by atoms with E-state index in [0.29, 0.717) is 46.9 Å². The number of carbonyl (C=O) groups excluding carboxylic acids is 1. The van der Waals surface area contributed by atoms with Gasteiger partial charge < -0.3 is 19.9 Å². The second-order valence-electron chi connectivity index (χ2n) is 11.7. The fraction of sp³-hybridized carbons (Fsp3) is 0.355. The molecule has 10 nitrogen and oxygen atoms in total. The zero-order valence-corrected chi connectivity index (χ0v) is 23.0. The number of ether oxygens (including phenoxy) is 1. The third kappa shape index (κ3) is 3.96. The van der Waals surface area contributed by atoms with E-state index < -0.39 is 0 Å². The number of aromatic nitrogens is 4. The largest absolute Gasteiger partial charge is 0.482 e. The lowest BCUT2D eigenvalue weighted by Gasteiger charge is -2.32. The van der Waals surface area contributed by atoms with Gasteiger partial charge in [0.15, 0.2) is 12.3 Å². The Morgan fingerprint density at radius 3 is 2.85 bits per heavy atom. The van der Waals surface area contributed by atoms with Crippen LogP contribution in [0.4, 0.5) is 17.3 Å². The first-order valence-electron chi connectivity index (χ1n) is 14.3. The van der Waals surface area contributed by atoms with E-state index in [-0.39, 0.29) is 18.1 Å². The van der Waals surface area contributed by atoms with Gasteiger partial charge in [0.05, 0.1) is 17.9 Å². The zero-order chi connectivity index (χ0) is 27.7. The molecule has 1 saturated carbocycles. The fourth-order valence-electron chi connectivity index (χ4n) is 6.72. The molecule has 0 unspecified atom stereocenters. The highest BCUT2D eigenvalue weighted by molar-refractivity contribution is 5.98. The highest BCUT2D eigenvalue weighted by Gasteiger charge is 2.48. The minimum Gasteiger partial charge on any atom is -0.482 e. The molecular weight excluding hydrogens is 518 g/mol. The van der Waals surface area contributed by atoms with E-state index in [9.17, 15) is 9.59 Å². The van der Waals surface area contributed by atoms with E-state index in [1.54, 1.807) is 15.8 Å². The van der Waals surface area contributed by atoms with Crippen LogP contribution in [0, 0.1) is 0 Å². The van der Waals surface area contributed by atoms with E-state index in [4.69, 9.17) is 9.72 Å². The number of benzene rings is 2. The van der Waals surface area contributed by atoms with Gasteiger partial charge in [-0.3, -0.25) is 9.59 Å². The van der Waals surface area contributed by atoms with E-state index in [2.05, 4.69) is 46.5 Å². The maximum atomic E-state index is 13.6. The van der Waals surface area contributed by atoms with Crippen molar-refractivity contribution < 1.29 is 9.53 Å². The Kier molecular flexibility index (Phi) is 5.37. The smallest absolute Gasteiger partial charge is 0.278 e. The standard InChI is InChI=1S/C31H31N7O3/c1-35-17-20-14-21(6-8-24(20)31(19-35)10-11-31)33-30-32-16-23-28(34-30)38-22-7-9-26-25(15-22)36(27(39)18-41-26)12-4-2-3-5-13-37(38)29(23)40/h3,5-9,14-16H,2,4,10-13,17-19H2,1H3,(H,32,33,34). The first-order chi connectivity index (χ1) is 20.0. The summed E-state index contributed by atoms with van der Waals surface area (Å²) >= 11 is 0. The van der Waals surface area contributed by atoms with Crippen LogP contribution < -0.4 is 20.5 Å². The van der Waals surface area contributed by atoms with Crippen molar-refractivity contribution in [1.29, 1.82) is 0 Å². The highest BCUT2D eigenvalue weighted by Crippen LogP contribution is 2.52. The quantitative estimate of drug-likeness (QED) is 0.379. The molecule has 10 heteroatoms. The molecule has 2 bridgehead atoms. The van der Waals surface area contributed by atoms with Gasteiger partial charge in [-0.2, -0.15) is 4.98 Å². The van der Waals surface area contributed by atoms with Gasteiger partial charge in [0.25, 0.3) is 11.5 Å². The third-order valence-electron chi connectivity index (χ3n) is 8.80. The van der Waals surface area contributed by atoms with Gasteiger partial charge in [-0.1, -0.05) is 18.2 Å². The maximum absolute atomic E-state index is 13.6. The van der Waals surface area contributed by atoms with Crippen LogP contribution in [0.15, 0.2) is 59.5 Å². The maximum Gasteiger partial charge on any atom is 0.278 e. The van der Waals surface area contributed by atoms with Gasteiger partial charge in [-0.25, -0.2) is 14.3 Å². The summed E-state index contributed by atoms with van der Waals surface area (Å²) in [7, 11) is 2.18. The lowest BCUT2D eigenvalue weighted by Crippen LogP contribution is -2.39. The van der Waals surface area contributed by atoms with Crippen LogP contribution in [0.25, 0.3) is 16.7 Å². The molecule has 4 aliphatic rings. The van der Waals surface area contributed by atoms with Crippen molar-refractivity contribution >= 4 is 34.3 Å². The molecule has 1 aliphatic carbocycles. The van der Waals surface area contributed by atoms with Crippen molar-refractivity contribution in [2.75, 3.05) is 37.0 Å². The fourth-order valence-corrected chi connectivity index (χ4v) is 6.72. The normalized spacial score (nSPS) is 19.2. The molecule has 208 valence electrons. The number of hydrogen-bond donors (Lipinski definition) is 1. The lowest BCUT2D eigenvalue weighted by atomic mass is 9.87. The highest BCUT2D eigenvalue weighted by atomic mass is 16.5. The molecule has 1 amide bonds. The van der Waals surface area contributed by atoms with Crippen LogP contribution in [-0.4, -0.2) is 56.9 Å². The summed E-state index contributed by atoms with van der Waals surface area (Å²) in [6.45, 7) is 3.08. The summed E-state index contributed by atoms with van der Waals surface area (Å²) in [5.74, 6) is 1.01. The Bertz CT molecular complexity index is 1820. The van der Waals surface area contributed by atoms with Crippen LogP contribution in [0.3, 0.4) is 0 Å². The molecule has 41 heavy (non-hydrogen) atoms. The molecule has 2 aromatic carbocycles. The Hall–Kier alpha value is -4.44. The summed E-state index contributed by atoms with van der Waals surface area (Å²) < 4.78 is 9.22. The number of hydrogen-bond acceptors (Lipinski definition) is 7. The molecule has 3 aliphatic heterocycles. The van der Waals surface area contributed by atoms with E-state index >= 15 is 0 Å². The number of nitrogens with zero attached hydrogens (tertiary/aromatic N) is 6. The molecule has 0 saturated heterocycles. The number of fused-ring (bicyclic) bond motifs is 7. The van der Waals surface area contributed by atoms with Crippen LogP contribution in [0.1, 0.15) is 36.8 Å². The number of rotatable bonds is 2. The molecular formula is C31H31N7O3. The first kappa shape index (κ1) is 24.4. The third-order valence-corrected chi connectivity index (χ3v) is 8.80. The number of allylic oxidation sites excluding steroid dienone is 2. The van der Waals surface area contributed by atoms with Gasteiger partial charge in [0.2, 0.25) is 5.95 Å². The Morgan fingerprint density at radius 2 is 1.98 bits per heavy atom. The molecule has 0 radical (unpaired) electrons. The summed E-state index contributed by atoms with van der Waals surface area (Å²) in [5.41, 5.74) is 5.83. The molecule has 4 aromatic rings. The van der Waals surface area contributed by atoms with E-state index in [0.717, 1.165) is 37.3 Å². The minimum atomic E-state index is -0.165. The van der Waals surface area contributed by atoms with E-state index in [1.807, 2.05) is 29.0 Å². The molecule has 1 N–H and O–H groups in total. The number of nitrogens with one attached hydrogen (secondary N) is 1. The van der Waals surface area contributed by atoms with Gasteiger partial charge in [-0.15, -0.1) is 0 Å². The first-order valence-corrected chi connectivity index (χ1v) is 14.3. The van der Waals surface area contributed by atoms with Crippen LogP contribution in [0.5, 0.6) is 5.75 Å². The van der Waals surface area contributed by atoms with Gasteiger partial charge in [-0.05, 0) is 74.2 Å². The summed E-state index contributed by atoms with van der Waals surface area (Å²) in [6, 6.07) is 12.2. The van der Waals surface area contributed by atoms with Crippen LogP contribution >= 0.6 is 0 Å². The van der Waals surface area contributed by atoms with Crippen molar-refractivity contribution in [3.05, 3.63) is 76.2 Å². The van der Waals surface area contributed by atoms with Crippen molar-refractivity contribution in [2.24, 2.45) is 0 Å². The molecule has 0 atom stereocenters. The SMILES string of the molecule is CN1Cc2cc(Nc3ncc4c(=O)n5n(c4n3)-c3ccc4c(c3)N(CCCC=CC5)C(=O)CO4)ccc2C2(CC2)C1. The Balaban J connectivity index is 1.23. The topological polar surface area (TPSA) is 97.5 Å². The van der Waals surface area contributed by atoms with Gasteiger partial charge in [0.1, 0.15) is 11.1 Å². The van der Waals surface area contributed by atoms with Gasteiger partial charge in [0, 0.05) is 36.9 Å². The summed E-state index contributed by atoms with van der Waals surface area (Å²) in [6.07, 6.45) is 9.80. The molecule has 1 fully saturated rings. The van der Waals surface area contributed by atoms with Crippen molar-refractivity contribution in [3.63, 3.8) is 0 Å². The molecule has 5 heterocycles. The molecule has 1 spiro atoms. The monoisotopic (exact) mass is 549 g/mol. The summed E-state index contributed by atoms with van der Waals surface area (Å²) in [4.78, 5) is 39.9. The number of amides is 1. The predicted octanol–water partition coefficient (Wildman–Crippen LogP) is 3.88. The van der Waals surface area contributed by atoms with E-state index in [1.165, 1.54) is 24.0 Å². The number of likely N-dealkylation sites (N-methyl/N-ethyl adjacent to an activating group) is 1. The van der Waals surface area contributed by atoms with Crippen molar-refractivity contribution in [2.45, 2.75) is 44.2 Å². The Labute approximate surface area is 236 Å². The lowest BCUT2D eigenvalue weighted by molar-refractivity contribution is -0.121. The van der Waals surface area contributed by atoms with Crippen LogP contribution in [-0.2, 0) is 23.3 Å². The average Bonchev–Trinajstić information content (AvgIpc) is 3.66. The van der Waals surface area contributed by atoms with Gasteiger partial charge >= 0.3 is 0 Å². The zero-order valence-electron chi connectivity index (χ0n) is 23.0. The van der Waals surface area contributed by atoms with Crippen molar-refractivity contribution in [1.82, 2.24) is 24.2 Å². The Morgan fingerprint density at radius 1 is 1.07 bits per heavy atom.